The van der Waals surface area contributed by atoms with Gasteiger partial charge in [-0.15, -0.1) is 0 Å². The minimum Gasteiger partial charge on any atom is -0.484 e. The zero-order chi connectivity index (χ0) is 17.7. The van der Waals surface area contributed by atoms with Crippen molar-refractivity contribution in [3.05, 3.63) is 59.7 Å². The Morgan fingerprint density at radius 1 is 1.08 bits per heavy atom. The predicted molar refractivity (Wildman–Crippen MR) is 99.8 cm³/mol. The zero-order valence-corrected chi connectivity index (χ0v) is 15.3. The second-order valence-electron chi connectivity index (χ2n) is 7.04. The Hall–Kier alpha value is -2.29. The smallest absolute Gasteiger partial charge is 0.264 e. The topological polar surface area (TPSA) is 29.5 Å². The molecule has 3 nitrogen and oxygen atoms in total. The summed E-state index contributed by atoms with van der Waals surface area (Å²) in [6.45, 7) is 11.2. The summed E-state index contributed by atoms with van der Waals surface area (Å²) >= 11 is 0. The molecule has 0 unspecified atom stereocenters. The van der Waals surface area contributed by atoms with Crippen LogP contribution >= 0.6 is 0 Å². The molecule has 1 amide bonds. The maximum Gasteiger partial charge on any atom is 0.264 e. The summed E-state index contributed by atoms with van der Waals surface area (Å²) in [7, 11) is 0. The molecule has 2 rings (SSSR count). The van der Waals surface area contributed by atoms with Crippen molar-refractivity contribution in [1.29, 1.82) is 0 Å². The summed E-state index contributed by atoms with van der Waals surface area (Å²) in [4.78, 5) is 14.2. The van der Waals surface area contributed by atoms with Gasteiger partial charge in [0, 0.05) is 12.2 Å². The average molecular weight is 325 g/mol. The molecular formula is C21H27NO2. The van der Waals surface area contributed by atoms with E-state index in [2.05, 4.69) is 32.9 Å². The number of likely N-dealkylation sites (N-methyl/N-ethyl adjacent to an activating group) is 1. The Morgan fingerprint density at radius 2 is 1.75 bits per heavy atom. The van der Waals surface area contributed by atoms with E-state index in [1.54, 1.807) is 4.90 Å². The number of hydrogen-bond donors (Lipinski definition) is 0. The Kier molecular flexibility index (Phi) is 5.66. The maximum atomic E-state index is 12.5. The van der Waals surface area contributed by atoms with E-state index in [0.29, 0.717) is 6.54 Å². The fourth-order valence-electron chi connectivity index (χ4n) is 2.57. The van der Waals surface area contributed by atoms with Gasteiger partial charge in [-0.3, -0.25) is 4.79 Å². The van der Waals surface area contributed by atoms with E-state index in [4.69, 9.17) is 4.74 Å². The van der Waals surface area contributed by atoms with Crippen LogP contribution in [0.1, 0.15) is 38.8 Å². The van der Waals surface area contributed by atoms with Gasteiger partial charge in [-0.2, -0.15) is 0 Å². The zero-order valence-electron chi connectivity index (χ0n) is 15.3. The molecule has 0 atom stereocenters. The highest BCUT2D eigenvalue weighted by molar-refractivity contribution is 5.94. The van der Waals surface area contributed by atoms with Crippen molar-refractivity contribution in [2.75, 3.05) is 18.1 Å². The summed E-state index contributed by atoms with van der Waals surface area (Å²) in [6.07, 6.45) is 0. The van der Waals surface area contributed by atoms with Crippen LogP contribution in [0.2, 0.25) is 0 Å². The average Bonchev–Trinajstić information content (AvgIpc) is 2.53. The Balaban J connectivity index is 2.01. The van der Waals surface area contributed by atoms with E-state index in [1.165, 1.54) is 5.56 Å². The van der Waals surface area contributed by atoms with E-state index in [-0.39, 0.29) is 17.9 Å². The molecule has 0 aliphatic rings. The van der Waals surface area contributed by atoms with Crippen LogP contribution in [0, 0.1) is 6.92 Å². The number of anilines is 1. The molecule has 0 radical (unpaired) electrons. The number of ether oxygens (including phenoxy) is 1. The first-order valence-electron chi connectivity index (χ1n) is 8.41. The third-order valence-electron chi connectivity index (χ3n) is 4.01. The molecule has 0 saturated heterocycles. The molecule has 0 heterocycles. The van der Waals surface area contributed by atoms with Gasteiger partial charge in [-0.25, -0.2) is 0 Å². The lowest BCUT2D eigenvalue weighted by Gasteiger charge is -2.22. The standard InChI is InChI=1S/C21H27NO2/c1-6-22(18-9-7-8-16(2)14-18)20(23)15-24-19-12-10-17(11-13-19)21(3,4)5/h7-14H,6,15H2,1-5H3. The maximum absolute atomic E-state index is 12.5. The number of nitrogens with zero attached hydrogens (tertiary/aromatic N) is 1. The number of carbonyl (C=O) groups is 1. The first kappa shape index (κ1) is 18.1. The van der Waals surface area contributed by atoms with Crippen LogP contribution in [-0.2, 0) is 10.2 Å². The van der Waals surface area contributed by atoms with Crippen LogP contribution in [0.25, 0.3) is 0 Å². The molecule has 0 spiro atoms. The number of amides is 1. The quantitative estimate of drug-likeness (QED) is 0.796. The fourth-order valence-corrected chi connectivity index (χ4v) is 2.57. The van der Waals surface area contributed by atoms with Gasteiger partial charge < -0.3 is 9.64 Å². The summed E-state index contributed by atoms with van der Waals surface area (Å²) in [6, 6.07) is 15.9. The van der Waals surface area contributed by atoms with Crippen LogP contribution in [0.4, 0.5) is 5.69 Å². The second-order valence-corrected chi connectivity index (χ2v) is 7.04. The van der Waals surface area contributed by atoms with Crippen LogP contribution in [-0.4, -0.2) is 19.1 Å². The number of aryl methyl sites for hydroxylation is 1. The van der Waals surface area contributed by atoms with Gasteiger partial charge in [0.2, 0.25) is 0 Å². The van der Waals surface area contributed by atoms with Crippen molar-refractivity contribution in [2.45, 2.75) is 40.0 Å². The molecule has 0 bridgehead atoms. The van der Waals surface area contributed by atoms with Crippen molar-refractivity contribution in [2.24, 2.45) is 0 Å². The molecular weight excluding hydrogens is 298 g/mol. The highest BCUT2D eigenvalue weighted by Crippen LogP contribution is 2.24. The highest BCUT2D eigenvalue weighted by atomic mass is 16.5. The van der Waals surface area contributed by atoms with Crippen molar-refractivity contribution in [1.82, 2.24) is 0 Å². The monoisotopic (exact) mass is 325 g/mol. The van der Waals surface area contributed by atoms with Crippen LogP contribution < -0.4 is 9.64 Å². The molecule has 128 valence electrons. The summed E-state index contributed by atoms with van der Waals surface area (Å²) in [5, 5.41) is 0. The molecule has 0 saturated carbocycles. The highest BCUT2D eigenvalue weighted by Gasteiger charge is 2.16. The molecule has 2 aromatic carbocycles. The lowest BCUT2D eigenvalue weighted by molar-refractivity contribution is -0.120. The van der Waals surface area contributed by atoms with Crippen molar-refractivity contribution >= 4 is 11.6 Å². The van der Waals surface area contributed by atoms with E-state index < -0.39 is 0 Å². The fraction of sp³-hybridized carbons (Fsp3) is 0.381. The van der Waals surface area contributed by atoms with Crippen LogP contribution in [0.3, 0.4) is 0 Å². The minimum absolute atomic E-state index is 0.0383. The Bertz CT molecular complexity index is 684. The normalized spacial score (nSPS) is 11.2. The Morgan fingerprint density at radius 3 is 2.29 bits per heavy atom. The van der Waals surface area contributed by atoms with Gasteiger partial charge >= 0.3 is 0 Å². The van der Waals surface area contributed by atoms with Crippen molar-refractivity contribution in [3.63, 3.8) is 0 Å². The summed E-state index contributed by atoms with van der Waals surface area (Å²) < 4.78 is 5.68. The molecule has 2 aromatic rings. The van der Waals surface area contributed by atoms with E-state index in [9.17, 15) is 4.79 Å². The van der Waals surface area contributed by atoms with Crippen molar-refractivity contribution in [3.8, 4) is 5.75 Å². The van der Waals surface area contributed by atoms with E-state index in [1.807, 2.05) is 50.2 Å². The first-order valence-corrected chi connectivity index (χ1v) is 8.41. The van der Waals surface area contributed by atoms with Gasteiger partial charge in [0.25, 0.3) is 5.91 Å². The third-order valence-corrected chi connectivity index (χ3v) is 4.01. The summed E-state index contributed by atoms with van der Waals surface area (Å²) in [5.41, 5.74) is 3.40. The molecule has 0 aromatic heterocycles. The number of rotatable bonds is 5. The number of hydrogen-bond acceptors (Lipinski definition) is 2. The van der Waals surface area contributed by atoms with Crippen LogP contribution in [0.15, 0.2) is 48.5 Å². The van der Waals surface area contributed by atoms with Gasteiger partial charge in [0.1, 0.15) is 5.75 Å². The molecule has 0 aliphatic heterocycles. The molecule has 0 fully saturated rings. The number of benzene rings is 2. The predicted octanol–water partition coefficient (Wildman–Crippen LogP) is 4.72. The molecule has 0 N–H and O–H groups in total. The second kappa shape index (κ2) is 7.52. The number of carbonyl (C=O) groups excluding carboxylic acids is 1. The molecule has 24 heavy (non-hydrogen) atoms. The lowest BCUT2D eigenvalue weighted by atomic mass is 9.87. The molecule has 3 heteroatoms. The SMILES string of the molecule is CCN(C(=O)COc1ccc(C(C)(C)C)cc1)c1cccc(C)c1. The Labute approximate surface area is 145 Å². The van der Waals surface area contributed by atoms with Gasteiger partial charge in [-0.1, -0.05) is 45.0 Å². The van der Waals surface area contributed by atoms with Crippen LogP contribution in [0.5, 0.6) is 5.75 Å². The summed E-state index contributed by atoms with van der Waals surface area (Å²) in [5.74, 6) is 0.680. The van der Waals surface area contributed by atoms with Gasteiger partial charge in [0.05, 0.1) is 0 Å². The molecule has 0 aliphatic carbocycles. The first-order chi connectivity index (χ1) is 11.3. The lowest BCUT2D eigenvalue weighted by Crippen LogP contribution is -2.34. The van der Waals surface area contributed by atoms with Gasteiger partial charge in [0.15, 0.2) is 6.61 Å². The van der Waals surface area contributed by atoms with E-state index in [0.717, 1.165) is 17.0 Å². The van der Waals surface area contributed by atoms with E-state index >= 15 is 0 Å². The third kappa shape index (κ3) is 4.60. The van der Waals surface area contributed by atoms with Gasteiger partial charge in [-0.05, 0) is 54.7 Å². The minimum atomic E-state index is -0.0389. The van der Waals surface area contributed by atoms with Crippen molar-refractivity contribution < 1.29 is 9.53 Å². The largest absolute Gasteiger partial charge is 0.484 e.